The highest BCUT2D eigenvalue weighted by Crippen LogP contribution is 2.21. The highest BCUT2D eigenvalue weighted by atomic mass is 19.1. The molecule has 1 saturated heterocycles. The zero-order valence-corrected chi connectivity index (χ0v) is 12.2. The van der Waals surface area contributed by atoms with Crippen molar-refractivity contribution in [1.29, 1.82) is 0 Å². The second-order valence-corrected chi connectivity index (χ2v) is 5.75. The maximum Gasteiger partial charge on any atom is 0.259 e. The molecule has 2 rings (SSSR count). The molecule has 1 fully saturated rings. The van der Waals surface area contributed by atoms with Gasteiger partial charge in [0.1, 0.15) is 5.82 Å². The highest BCUT2D eigenvalue weighted by molar-refractivity contribution is 5.84. The molecule has 0 saturated carbocycles. The summed E-state index contributed by atoms with van der Waals surface area (Å²) in [6.07, 6.45) is 4.28. The van der Waals surface area contributed by atoms with Crippen LogP contribution in [0.1, 0.15) is 26.1 Å². The fraction of sp³-hybridized carbons (Fsp3) is 0.643. The molecule has 20 heavy (non-hydrogen) atoms. The highest BCUT2D eigenvalue weighted by Gasteiger charge is 2.36. The Morgan fingerprint density at radius 2 is 2.15 bits per heavy atom. The second kappa shape index (κ2) is 5.83. The van der Waals surface area contributed by atoms with Gasteiger partial charge < -0.3 is 4.90 Å². The second-order valence-electron chi connectivity index (χ2n) is 5.75. The number of rotatable bonds is 4. The van der Waals surface area contributed by atoms with Crippen LogP contribution in [0.3, 0.4) is 0 Å². The van der Waals surface area contributed by atoms with Crippen LogP contribution in [0.15, 0.2) is 18.5 Å². The minimum absolute atomic E-state index is 0.227. The Labute approximate surface area is 118 Å². The van der Waals surface area contributed by atoms with Crippen LogP contribution in [0, 0.1) is 0 Å². The standard InChI is InChI=1S/C14H21FN4O/c1-14(2,15)13(20)19-8-5-11(9-19)18(3)10-12-16-6-4-7-17-12/h4,6-7,11H,5,8-10H2,1-3H3/t11-/m1/s1. The number of hydrogen-bond donors (Lipinski definition) is 0. The summed E-state index contributed by atoms with van der Waals surface area (Å²) in [5.74, 6) is 0.329. The van der Waals surface area contributed by atoms with Gasteiger partial charge in [-0.25, -0.2) is 14.4 Å². The molecule has 1 aromatic heterocycles. The van der Waals surface area contributed by atoms with E-state index in [-0.39, 0.29) is 6.04 Å². The van der Waals surface area contributed by atoms with Crippen LogP contribution in [0.5, 0.6) is 0 Å². The summed E-state index contributed by atoms with van der Waals surface area (Å²) in [5, 5.41) is 0. The van der Waals surface area contributed by atoms with Crippen molar-refractivity contribution in [3.8, 4) is 0 Å². The summed E-state index contributed by atoms with van der Waals surface area (Å²) in [6, 6.07) is 2.01. The number of nitrogens with zero attached hydrogens (tertiary/aromatic N) is 4. The molecule has 1 aliphatic heterocycles. The lowest BCUT2D eigenvalue weighted by Crippen LogP contribution is -2.43. The topological polar surface area (TPSA) is 49.3 Å². The predicted octanol–water partition coefficient (Wildman–Crippen LogP) is 1.26. The molecule has 0 unspecified atom stereocenters. The van der Waals surface area contributed by atoms with Crippen LogP contribution in [-0.4, -0.2) is 57.5 Å². The molecule has 110 valence electrons. The molecule has 0 aliphatic carbocycles. The van der Waals surface area contributed by atoms with E-state index in [1.807, 2.05) is 7.05 Å². The van der Waals surface area contributed by atoms with Gasteiger partial charge in [-0.15, -0.1) is 0 Å². The number of likely N-dealkylation sites (tertiary alicyclic amines) is 1. The van der Waals surface area contributed by atoms with E-state index in [0.29, 0.717) is 19.6 Å². The Balaban J connectivity index is 1.91. The quantitative estimate of drug-likeness (QED) is 0.833. The number of halogens is 1. The molecule has 0 N–H and O–H groups in total. The molecule has 1 amide bonds. The first-order valence-corrected chi connectivity index (χ1v) is 6.82. The van der Waals surface area contributed by atoms with E-state index in [4.69, 9.17) is 0 Å². The van der Waals surface area contributed by atoms with Gasteiger partial charge in [0, 0.05) is 31.5 Å². The van der Waals surface area contributed by atoms with Crippen LogP contribution in [0.2, 0.25) is 0 Å². The molecule has 0 spiro atoms. The zero-order chi connectivity index (χ0) is 14.8. The molecule has 5 nitrogen and oxygen atoms in total. The molecule has 1 atom stereocenters. The third-order valence-electron chi connectivity index (χ3n) is 3.59. The lowest BCUT2D eigenvalue weighted by molar-refractivity contribution is -0.140. The molecule has 1 aromatic rings. The van der Waals surface area contributed by atoms with Gasteiger partial charge in [-0.3, -0.25) is 9.69 Å². The lowest BCUT2D eigenvalue weighted by Gasteiger charge is -2.26. The van der Waals surface area contributed by atoms with Crippen molar-refractivity contribution in [1.82, 2.24) is 19.8 Å². The average molecular weight is 280 g/mol. The van der Waals surface area contributed by atoms with Crippen molar-refractivity contribution >= 4 is 5.91 Å². The first-order chi connectivity index (χ1) is 9.38. The Bertz CT molecular complexity index is 460. The van der Waals surface area contributed by atoms with Crippen LogP contribution in [-0.2, 0) is 11.3 Å². The summed E-state index contributed by atoms with van der Waals surface area (Å²) >= 11 is 0. The monoisotopic (exact) mass is 280 g/mol. The van der Waals surface area contributed by atoms with Gasteiger partial charge >= 0.3 is 0 Å². The summed E-state index contributed by atoms with van der Waals surface area (Å²) in [7, 11) is 1.98. The van der Waals surface area contributed by atoms with Crippen LogP contribution < -0.4 is 0 Å². The fourth-order valence-corrected chi connectivity index (χ4v) is 2.43. The largest absolute Gasteiger partial charge is 0.338 e. The molecule has 6 heteroatoms. The predicted molar refractivity (Wildman–Crippen MR) is 73.7 cm³/mol. The molecule has 2 heterocycles. The Morgan fingerprint density at radius 3 is 2.75 bits per heavy atom. The van der Waals surface area contributed by atoms with Crippen LogP contribution in [0.4, 0.5) is 4.39 Å². The Hall–Kier alpha value is -1.56. The Kier molecular flexibility index (Phi) is 4.32. The van der Waals surface area contributed by atoms with Gasteiger partial charge in [0.2, 0.25) is 0 Å². The lowest BCUT2D eigenvalue weighted by atomic mass is 10.1. The zero-order valence-electron chi connectivity index (χ0n) is 12.2. The number of hydrogen-bond acceptors (Lipinski definition) is 4. The van der Waals surface area contributed by atoms with Gasteiger partial charge in [-0.2, -0.15) is 0 Å². The smallest absolute Gasteiger partial charge is 0.259 e. The number of alkyl halides is 1. The van der Waals surface area contributed by atoms with Gasteiger partial charge in [-0.05, 0) is 33.4 Å². The number of carbonyl (C=O) groups is 1. The summed E-state index contributed by atoms with van der Waals surface area (Å²) in [5.41, 5.74) is -1.80. The number of amides is 1. The molecular weight excluding hydrogens is 259 g/mol. The fourth-order valence-electron chi connectivity index (χ4n) is 2.43. The number of carbonyl (C=O) groups excluding carboxylic acids is 1. The van der Waals surface area contributed by atoms with E-state index >= 15 is 0 Å². The SMILES string of the molecule is CN(Cc1ncccn1)[C@@H]1CCN(C(=O)C(C)(C)F)C1. The van der Waals surface area contributed by atoms with Gasteiger partial charge in [-0.1, -0.05) is 0 Å². The minimum atomic E-state index is -1.80. The maximum atomic E-state index is 13.7. The van der Waals surface area contributed by atoms with E-state index in [1.54, 1.807) is 23.4 Å². The minimum Gasteiger partial charge on any atom is -0.338 e. The van der Waals surface area contributed by atoms with Crippen LogP contribution >= 0.6 is 0 Å². The normalized spacial score (nSPS) is 19.6. The summed E-state index contributed by atoms with van der Waals surface area (Å²) in [6.45, 7) is 4.42. The average Bonchev–Trinajstić information content (AvgIpc) is 2.87. The van der Waals surface area contributed by atoms with E-state index in [0.717, 1.165) is 12.2 Å². The molecule has 0 bridgehead atoms. The van der Waals surface area contributed by atoms with E-state index in [2.05, 4.69) is 14.9 Å². The van der Waals surface area contributed by atoms with Gasteiger partial charge in [0.25, 0.3) is 5.91 Å². The van der Waals surface area contributed by atoms with Crippen molar-refractivity contribution in [2.75, 3.05) is 20.1 Å². The number of likely N-dealkylation sites (N-methyl/N-ethyl adjacent to an activating group) is 1. The van der Waals surface area contributed by atoms with E-state index in [9.17, 15) is 9.18 Å². The third kappa shape index (κ3) is 3.50. The van der Waals surface area contributed by atoms with E-state index < -0.39 is 11.6 Å². The molecule has 1 aliphatic rings. The van der Waals surface area contributed by atoms with Gasteiger partial charge in [0.05, 0.1) is 6.54 Å². The van der Waals surface area contributed by atoms with Crippen molar-refractivity contribution in [2.24, 2.45) is 0 Å². The van der Waals surface area contributed by atoms with Crippen molar-refractivity contribution < 1.29 is 9.18 Å². The molecule has 0 radical (unpaired) electrons. The number of aromatic nitrogens is 2. The molecular formula is C14H21FN4O. The first kappa shape index (κ1) is 14.8. The third-order valence-corrected chi connectivity index (χ3v) is 3.59. The maximum absolute atomic E-state index is 13.7. The van der Waals surface area contributed by atoms with Crippen molar-refractivity contribution in [3.05, 3.63) is 24.3 Å². The van der Waals surface area contributed by atoms with Crippen molar-refractivity contribution in [2.45, 2.75) is 38.5 Å². The van der Waals surface area contributed by atoms with Gasteiger partial charge in [0.15, 0.2) is 5.67 Å². The summed E-state index contributed by atoms with van der Waals surface area (Å²) in [4.78, 5) is 24.0. The summed E-state index contributed by atoms with van der Waals surface area (Å²) < 4.78 is 13.7. The molecule has 0 aromatic carbocycles. The van der Waals surface area contributed by atoms with Crippen molar-refractivity contribution in [3.63, 3.8) is 0 Å². The van der Waals surface area contributed by atoms with Crippen LogP contribution in [0.25, 0.3) is 0 Å². The Morgan fingerprint density at radius 1 is 1.50 bits per heavy atom. The van der Waals surface area contributed by atoms with E-state index in [1.165, 1.54) is 13.8 Å². The first-order valence-electron chi connectivity index (χ1n) is 6.82.